The minimum absolute atomic E-state index is 0.260. The van der Waals surface area contributed by atoms with Crippen molar-refractivity contribution in [2.75, 3.05) is 6.61 Å². The molecular weight excluding hydrogens is 472 g/mol. The second-order valence-corrected chi connectivity index (χ2v) is 10.4. The molecule has 0 saturated carbocycles. The molecule has 0 aliphatic carbocycles. The van der Waals surface area contributed by atoms with Gasteiger partial charge in [-0.05, 0) is 23.6 Å². The number of aryl methyl sites for hydroxylation is 1. The van der Waals surface area contributed by atoms with E-state index in [1.54, 1.807) is 13.1 Å². The second-order valence-electron chi connectivity index (χ2n) is 9.00. The molecule has 0 spiro atoms. The van der Waals surface area contributed by atoms with Crippen LogP contribution in [0, 0.1) is 6.92 Å². The first-order valence-corrected chi connectivity index (χ1v) is 12.9. The fourth-order valence-corrected chi connectivity index (χ4v) is 6.25. The Bertz CT molecular complexity index is 1320. The van der Waals surface area contributed by atoms with Crippen LogP contribution in [0.2, 0.25) is 0 Å². The van der Waals surface area contributed by atoms with Crippen molar-refractivity contribution in [3.05, 3.63) is 140 Å². The van der Waals surface area contributed by atoms with Gasteiger partial charge in [0.15, 0.2) is 0 Å². The maximum atomic E-state index is 12.4. The second kappa shape index (κ2) is 10.3. The summed E-state index contributed by atoms with van der Waals surface area (Å²) < 4.78 is 8.38. The molecule has 6 nitrogen and oxygen atoms in total. The number of rotatable bonds is 7. The minimum atomic E-state index is -0.881. The highest BCUT2D eigenvalue weighted by Gasteiger charge is 2.41. The van der Waals surface area contributed by atoms with E-state index in [9.17, 15) is 14.7 Å². The smallest absolute Gasteiger partial charge is 0.329 e. The molecule has 5 rings (SSSR count). The van der Waals surface area contributed by atoms with Gasteiger partial charge in [0, 0.05) is 18.2 Å². The first-order chi connectivity index (χ1) is 17.5. The van der Waals surface area contributed by atoms with Gasteiger partial charge in [-0.3, -0.25) is 14.3 Å². The summed E-state index contributed by atoms with van der Waals surface area (Å²) in [7, 11) is 0. The maximum Gasteiger partial charge on any atom is 0.329 e. The summed E-state index contributed by atoms with van der Waals surface area (Å²) >= 11 is 1.49. The summed E-state index contributed by atoms with van der Waals surface area (Å²) in [5, 5.41) is 10.4. The predicted molar refractivity (Wildman–Crippen MR) is 142 cm³/mol. The highest BCUT2D eigenvalue weighted by atomic mass is 32.2. The summed E-state index contributed by atoms with van der Waals surface area (Å²) in [6.45, 7) is 1.93. The third-order valence-corrected chi connectivity index (χ3v) is 8.20. The van der Waals surface area contributed by atoms with Gasteiger partial charge in [0.05, 0.1) is 23.3 Å². The van der Waals surface area contributed by atoms with Crippen LogP contribution in [0.5, 0.6) is 0 Å². The van der Waals surface area contributed by atoms with Crippen LogP contribution in [0.4, 0.5) is 0 Å². The lowest BCUT2D eigenvalue weighted by Gasteiger charge is -2.37. The largest absolute Gasteiger partial charge is 0.392 e. The van der Waals surface area contributed by atoms with E-state index in [1.807, 2.05) is 54.6 Å². The molecule has 3 aromatic carbocycles. The zero-order valence-corrected chi connectivity index (χ0v) is 20.7. The summed E-state index contributed by atoms with van der Waals surface area (Å²) in [5.41, 5.74) is 1.69. The van der Waals surface area contributed by atoms with E-state index in [2.05, 4.69) is 41.4 Å². The fourth-order valence-electron chi connectivity index (χ4n) is 4.81. The number of aromatic nitrogens is 2. The van der Waals surface area contributed by atoms with E-state index in [4.69, 9.17) is 4.74 Å². The van der Waals surface area contributed by atoms with Gasteiger partial charge in [-0.2, -0.15) is 0 Å². The lowest BCUT2D eigenvalue weighted by Crippen LogP contribution is -2.36. The van der Waals surface area contributed by atoms with E-state index in [-0.39, 0.29) is 17.2 Å². The predicted octanol–water partition coefficient (Wildman–Crippen LogP) is 4.22. The van der Waals surface area contributed by atoms with Crippen molar-refractivity contribution in [2.45, 2.75) is 35.7 Å². The number of aliphatic hydroxyl groups is 1. The van der Waals surface area contributed by atoms with Gasteiger partial charge in [-0.25, -0.2) is 4.79 Å². The maximum absolute atomic E-state index is 12.4. The van der Waals surface area contributed by atoms with Gasteiger partial charge in [0.2, 0.25) is 0 Å². The topological polar surface area (TPSA) is 84.3 Å². The summed E-state index contributed by atoms with van der Waals surface area (Å²) in [4.78, 5) is 26.6. The number of aliphatic hydroxyl groups excluding tert-OH is 1. The van der Waals surface area contributed by atoms with E-state index < -0.39 is 23.0 Å². The number of hydrogen-bond donors (Lipinski definition) is 2. The van der Waals surface area contributed by atoms with E-state index in [1.165, 1.54) is 16.3 Å². The Kier molecular flexibility index (Phi) is 6.96. The molecule has 7 heteroatoms. The van der Waals surface area contributed by atoms with Crippen LogP contribution >= 0.6 is 11.8 Å². The Morgan fingerprint density at radius 1 is 0.917 bits per heavy atom. The SMILES string of the molecule is Cc1cn([C@H]2C[C@H](O)[C@@H](COC(c3ccccc3)(c3ccccc3)c3ccccc3)S2)c(=O)[nH]c1=O. The summed E-state index contributed by atoms with van der Waals surface area (Å²) in [5.74, 6) is 0. The third kappa shape index (κ3) is 4.57. The van der Waals surface area contributed by atoms with Gasteiger partial charge < -0.3 is 9.84 Å². The number of hydrogen-bond acceptors (Lipinski definition) is 5. The monoisotopic (exact) mass is 500 g/mol. The highest BCUT2D eigenvalue weighted by molar-refractivity contribution is 8.00. The van der Waals surface area contributed by atoms with Crippen LogP contribution in [0.15, 0.2) is 107 Å². The normalized spacial score (nSPS) is 19.9. The molecule has 0 unspecified atom stereocenters. The van der Waals surface area contributed by atoms with Crippen LogP contribution in [0.3, 0.4) is 0 Å². The minimum Gasteiger partial charge on any atom is -0.392 e. The van der Waals surface area contributed by atoms with E-state index in [0.29, 0.717) is 12.0 Å². The Morgan fingerprint density at radius 2 is 1.42 bits per heavy atom. The molecule has 1 saturated heterocycles. The molecule has 2 heterocycles. The zero-order chi connectivity index (χ0) is 25.1. The molecule has 1 fully saturated rings. The Labute approximate surface area is 213 Å². The molecule has 1 aromatic heterocycles. The molecule has 4 aromatic rings. The van der Waals surface area contributed by atoms with Crippen molar-refractivity contribution < 1.29 is 9.84 Å². The lowest BCUT2D eigenvalue weighted by molar-refractivity contribution is -0.000644. The fraction of sp³-hybridized carbons (Fsp3) is 0.241. The van der Waals surface area contributed by atoms with Crippen molar-refractivity contribution in [1.29, 1.82) is 0 Å². The number of nitrogens with zero attached hydrogens (tertiary/aromatic N) is 1. The van der Waals surface area contributed by atoms with Crippen LogP contribution in [0.25, 0.3) is 0 Å². The van der Waals surface area contributed by atoms with Crippen molar-refractivity contribution in [2.24, 2.45) is 0 Å². The van der Waals surface area contributed by atoms with Crippen LogP contribution < -0.4 is 11.2 Å². The number of nitrogens with one attached hydrogen (secondary N) is 1. The molecule has 36 heavy (non-hydrogen) atoms. The lowest BCUT2D eigenvalue weighted by atomic mass is 9.80. The summed E-state index contributed by atoms with van der Waals surface area (Å²) in [6, 6.07) is 30.3. The van der Waals surface area contributed by atoms with Crippen molar-refractivity contribution in [3.63, 3.8) is 0 Å². The molecular formula is C29H28N2O4S. The molecule has 3 atom stereocenters. The summed E-state index contributed by atoms with van der Waals surface area (Å²) in [6.07, 6.45) is 1.29. The number of ether oxygens (including phenoxy) is 1. The Morgan fingerprint density at radius 3 is 1.92 bits per heavy atom. The van der Waals surface area contributed by atoms with E-state index in [0.717, 1.165) is 16.7 Å². The van der Waals surface area contributed by atoms with Crippen LogP contribution in [0.1, 0.15) is 34.0 Å². The number of benzene rings is 3. The standard InChI is InChI=1S/C29H28N2O4S/c1-20-18-31(28(34)30-27(20)33)26-17-24(32)25(36-26)19-35-29(21-11-5-2-6-12-21,22-13-7-3-8-14-22)23-15-9-4-10-16-23/h2-16,18,24-26,32H,17,19H2,1H3,(H,30,33,34)/t24-,25+,26+/m0/s1. The first-order valence-electron chi connectivity index (χ1n) is 11.9. The average Bonchev–Trinajstić information content (AvgIpc) is 3.28. The zero-order valence-electron chi connectivity index (χ0n) is 19.9. The van der Waals surface area contributed by atoms with Gasteiger partial charge in [0.25, 0.3) is 5.56 Å². The highest BCUT2D eigenvalue weighted by Crippen LogP contribution is 2.45. The van der Waals surface area contributed by atoms with Gasteiger partial charge in [0.1, 0.15) is 5.60 Å². The average molecular weight is 501 g/mol. The van der Waals surface area contributed by atoms with Crippen molar-refractivity contribution in [3.8, 4) is 0 Å². The quantitative estimate of drug-likeness (QED) is 0.371. The molecule has 1 aliphatic heterocycles. The van der Waals surface area contributed by atoms with Gasteiger partial charge in [-0.15, -0.1) is 11.8 Å². The molecule has 0 radical (unpaired) electrons. The number of aromatic amines is 1. The van der Waals surface area contributed by atoms with Gasteiger partial charge >= 0.3 is 5.69 Å². The molecule has 2 N–H and O–H groups in total. The Balaban J connectivity index is 1.50. The van der Waals surface area contributed by atoms with E-state index >= 15 is 0 Å². The van der Waals surface area contributed by atoms with Crippen LogP contribution in [-0.4, -0.2) is 32.6 Å². The van der Waals surface area contributed by atoms with Gasteiger partial charge in [-0.1, -0.05) is 91.0 Å². The third-order valence-electron chi connectivity index (χ3n) is 6.67. The molecule has 1 aliphatic rings. The first kappa shape index (κ1) is 24.3. The van der Waals surface area contributed by atoms with Crippen molar-refractivity contribution in [1.82, 2.24) is 9.55 Å². The molecule has 184 valence electrons. The molecule has 0 amide bonds. The van der Waals surface area contributed by atoms with Crippen molar-refractivity contribution >= 4 is 11.8 Å². The number of H-pyrrole nitrogens is 1. The Hall–Kier alpha value is -3.39. The number of thioether (sulfide) groups is 1. The molecule has 0 bridgehead atoms. The van der Waals surface area contributed by atoms with Crippen LogP contribution in [-0.2, 0) is 10.3 Å².